The Bertz CT molecular complexity index is 928. The minimum Gasteiger partial charge on any atom is -0.489 e. The number of aromatic nitrogens is 1. The van der Waals surface area contributed by atoms with Crippen LogP contribution in [-0.4, -0.2) is 35.3 Å². The molecule has 1 aromatic heterocycles. The van der Waals surface area contributed by atoms with Crippen LogP contribution in [0.1, 0.15) is 82.6 Å². The standard InChI is InChI=1S/C28H40N2O3/c1-17(33-20-6-10-25(30-16-20)26(32)29-4)22-8-9-23-21-7-5-18-15-19(31)11-13-27(18,2)24(21)12-14-28(22,23)3/h5-6,10,16-17,19,21-24,31H,7-9,11-15H2,1-4H3,(H,29,32)/t17-,19-,21?,22+,23-,24-,27-,28+/m0/s1. The molecule has 4 aliphatic rings. The first-order valence-electron chi connectivity index (χ1n) is 13.0. The van der Waals surface area contributed by atoms with Crippen LogP contribution in [0.25, 0.3) is 0 Å². The highest BCUT2D eigenvalue weighted by molar-refractivity contribution is 5.91. The quantitative estimate of drug-likeness (QED) is 0.620. The molecule has 5 rings (SSSR count). The van der Waals surface area contributed by atoms with Gasteiger partial charge < -0.3 is 15.2 Å². The van der Waals surface area contributed by atoms with Crippen molar-refractivity contribution in [3.63, 3.8) is 0 Å². The Balaban J connectivity index is 1.31. The highest BCUT2D eigenvalue weighted by Gasteiger charge is 2.59. The zero-order valence-electron chi connectivity index (χ0n) is 20.6. The number of pyridine rings is 1. The number of ether oxygens (including phenoxy) is 1. The molecular formula is C28H40N2O3. The van der Waals surface area contributed by atoms with Crippen LogP contribution in [0.4, 0.5) is 0 Å². The van der Waals surface area contributed by atoms with Gasteiger partial charge in [-0.25, -0.2) is 4.98 Å². The van der Waals surface area contributed by atoms with Crippen LogP contribution in [0.2, 0.25) is 0 Å². The fourth-order valence-corrected chi connectivity index (χ4v) is 8.46. The minimum atomic E-state index is -0.177. The van der Waals surface area contributed by atoms with Crippen molar-refractivity contribution in [2.24, 2.45) is 34.5 Å². The molecular weight excluding hydrogens is 412 g/mol. The molecule has 5 heteroatoms. The Labute approximate surface area is 198 Å². The zero-order chi connectivity index (χ0) is 23.4. The van der Waals surface area contributed by atoms with Crippen molar-refractivity contribution in [1.29, 1.82) is 0 Å². The molecule has 0 spiro atoms. The molecule has 33 heavy (non-hydrogen) atoms. The number of rotatable bonds is 4. The summed E-state index contributed by atoms with van der Waals surface area (Å²) in [5, 5.41) is 12.9. The third-order valence-electron chi connectivity index (χ3n) is 10.2. The fraction of sp³-hybridized carbons (Fsp3) is 0.714. The van der Waals surface area contributed by atoms with Crippen LogP contribution in [0.5, 0.6) is 5.75 Å². The van der Waals surface area contributed by atoms with Crippen LogP contribution >= 0.6 is 0 Å². The first-order chi connectivity index (χ1) is 15.8. The predicted molar refractivity (Wildman–Crippen MR) is 129 cm³/mol. The molecule has 0 bridgehead atoms. The molecule has 8 atom stereocenters. The summed E-state index contributed by atoms with van der Waals surface area (Å²) in [6, 6.07) is 3.60. The summed E-state index contributed by atoms with van der Waals surface area (Å²) in [4.78, 5) is 16.0. The molecule has 4 aliphatic carbocycles. The van der Waals surface area contributed by atoms with Gasteiger partial charge in [-0.3, -0.25) is 4.79 Å². The smallest absolute Gasteiger partial charge is 0.269 e. The average Bonchev–Trinajstić information content (AvgIpc) is 3.17. The van der Waals surface area contributed by atoms with Gasteiger partial charge in [0.05, 0.1) is 18.4 Å². The van der Waals surface area contributed by atoms with Crippen LogP contribution in [-0.2, 0) is 0 Å². The second-order valence-corrected chi connectivity index (χ2v) is 11.7. The largest absolute Gasteiger partial charge is 0.489 e. The van der Waals surface area contributed by atoms with Crippen molar-refractivity contribution in [2.45, 2.75) is 84.3 Å². The summed E-state index contributed by atoms with van der Waals surface area (Å²) >= 11 is 0. The van der Waals surface area contributed by atoms with E-state index in [0.29, 0.717) is 22.4 Å². The van der Waals surface area contributed by atoms with Gasteiger partial charge in [-0.15, -0.1) is 0 Å². The van der Waals surface area contributed by atoms with Crippen molar-refractivity contribution in [3.05, 3.63) is 35.7 Å². The number of allylic oxidation sites excluding steroid dienone is 1. The number of amides is 1. The highest BCUT2D eigenvalue weighted by atomic mass is 16.5. The number of carbonyl (C=O) groups excluding carboxylic acids is 1. The number of nitrogens with one attached hydrogen (secondary N) is 1. The Hall–Kier alpha value is -1.88. The molecule has 1 amide bonds. The number of hydrogen-bond donors (Lipinski definition) is 2. The molecule has 1 unspecified atom stereocenters. The van der Waals surface area contributed by atoms with Crippen LogP contribution in [0.15, 0.2) is 30.0 Å². The van der Waals surface area contributed by atoms with E-state index in [1.165, 1.54) is 32.1 Å². The molecule has 180 valence electrons. The Morgan fingerprint density at radius 1 is 1.18 bits per heavy atom. The van der Waals surface area contributed by atoms with Crippen molar-refractivity contribution in [1.82, 2.24) is 10.3 Å². The third-order valence-corrected chi connectivity index (χ3v) is 10.2. The van der Waals surface area contributed by atoms with Gasteiger partial charge in [-0.05, 0) is 99.0 Å². The van der Waals surface area contributed by atoms with E-state index in [-0.39, 0.29) is 18.1 Å². The predicted octanol–water partition coefficient (Wildman–Crippen LogP) is 5.15. The van der Waals surface area contributed by atoms with Gasteiger partial charge in [0.1, 0.15) is 11.4 Å². The van der Waals surface area contributed by atoms with Gasteiger partial charge in [-0.2, -0.15) is 0 Å². The fourth-order valence-electron chi connectivity index (χ4n) is 8.46. The average molecular weight is 453 g/mol. The van der Waals surface area contributed by atoms with E-state index in [0.717, 1.165) is 42.8 Å². The molecule has 1 aromatic rings. The Kier molecular flexibility index (Phi) is 5.83. The SMILES string of the molecule is CNC(=O)c1ccc(O[C@@H](C)[C@H]2CC[C@H]3C4CC=C5C[C@@H](O)CC[C@]5(C)[C@H]4CC[C@]23C)cn1. The maximum absolute atomic E-state index is 11.8. The lowest BCUT2D eigenvalue weighted by atomic mass is 9.47. The van der Waals surface area contributed by atoms with Crippen LogP contribution < -0.4 is 10.1 Å². The summed E-state index contributed by atoms with van der Waals surface area (Å²) in [5.74, 6) is 3.38. The number of hydrogen-bond acceptors (Lipinski definition) is 4. The van der Waals surface area contributed by atoms with E-state index >= 15 is 0 Å². The van der Waals surface area contributed by atoms with Gasteiger partial charge >= 0.3 is 0 Å². The second kappa shape index (κ2) is 8.41. The molecule has 3 saturated carbocycles. The zero-order valence-corrected chi connectivity index (χ0v) is 20.6. The van der Waals surface area contributed by atoms with E-state index in [2.05, 4.69) is 37.1 Å². The summed E-state index contributed by atoms with van der Waals surface area (Å²) in [6.45, 7) is 7.25. The summed E-state index contributed by atoms with van der Waals surface area (Å²) in [6.07, 6.45) is 13.5. The maximum Gasteiger partial charge on any atom is 0.269 e. The third kappa shape index (κ3) is 3.71. The lowest BCUT2D eigenvalue weighted by molar-refractivity contribution is -0.0643. The first-order valence-corrected chi connectivity index (χ1v) is 13.0. The van der Waals surface area contributed by atoms with Gasteiger partial charge in [0.25, 0.3) is 5.91 Å². The molecule has 3 fully saturated rings. The molecule has 0 aliphatic heterocycles. The summed E-state index contributed by atoms with van der Waals surface area (Å²) in [7, 11) is 1.61. The van der Waals surface area contributed by atoms with Crippen molar-refractivity contribution >= 4 is 5.91 Å². The number of carbonyl (C=O) groups is 1. The topological polar surface area (TPSA) is 71.5 Å². The van der Waals surface area contributed by atoms with E-state index < -0.39 is 0 Å². The number of fused-ring (bicyclic) bond motifs is 5. The Morgan fingerprint density at radius 3 is 2.73 bits per heavy atom. The van der Waals surface area contributed by atoms with Crippen molar-refractivity contribution in [3.8, 4) is 5.75 Å². The maximum atomic E-state index is 11.8. The van der Waals surface area contributed by atoms with Gasteiger partial charge in [0.15, 0.2) is 0 Å². The van der Waals surface area contributed by atoms with Crippen LogP contribution in [0.3, 0.4) is 0 Å². The molecule has 2 N–H and O–H groups in total. The Morgan fingerprint density at radius 2 is 2.00 bits per heavy atom. The van der Waals surface area contributed by atoms with Crippen molar-refractivity contribution in [2.75, 3.05) is 7.05 Å². The lowest BCUT2D eigenvalue weighted by Gasteiger charge is -2.58. The van der Waals surface area contributed by atoms with E-state index in [1.54, 1.807) is 24.9 Å². The number of nitrogens with zero attached hydrogens (tertiary/aromatic N) is 1. The normalized spacial score (nSPS) is 40.6. The summed E-state index contributed by atoms with van der Waals surface area (Å²) in [5.41, 5.74) is 2.57. The van der Waals surface area contributed by atoms with E-state index in [4.69, 9.17) is 4.74 Å². The first kappa shape index (κ1) is 22.9. The van der Waals surface area contributed by atoms with E-state index in [1.807, 2.05) is 6.07 Å². The van der Waals surface area contributed by atoms with Gasteiger partial charge in [0, 0.05) is 13.0 Å². The second-order valence-electron chi connectivity index (χ2n) is 11.7. The minimum absolute atomic E-state index is 0.124. The molecule has 0 aromatic carbocycles. The highest BCUT2D eigenvalue weighted by Crippen LogP contribution is 2.66. The molecule has 5 nitrogen and oxygen atoms in total. The lowest BCUT2D eigenvalue weighted by Crippen LogP contribution is -2.51. The number of aliphatic hydroxyl groups is 1. The summed E-state index contributed by atoms with van der Waals surface area (Å²) < 4.78 is 6.40. The van der Waals surface area contributed by atoms with E-state index in [9.17, 15) is 9.90 Å². The van der Waals surface area contributed by atoms with Gasteiger partial charge in [-0.1, -0.05) is 25.5 Å². The monoisotopic (exact) mass is 452 g/mol. The molecule has 0 saturated heterocycles. The van der Waals surface area contributed by atoms with Crippen molar-refractivity contribution < 1.29 is 14.6 Å². The molecule has 0 radical (unpaired) electrons. The van der Waals surface area contributed by atoms with Gasteiger partial charge in [0.2, 0.25) is 0 Å². The van der Waals surface area contributed by atoms with Crippen LogP contribution in [0, 0.1) is 34.5 Å². The molecule has 1 heterocycles. The number of aliphatic hydroxyl groups excluding tert-OH is 1.